The Morgan fingerprint density at radius 2 is 2.36 bits per heavy atom. The van der Waals surface area contributed by atoms with Crippen molar-refractivity contribution in [3.05, 3.63) is 17.5 Å². The molecule has 76 valence electrons. The number of rotatable bonds is 4. The molecule has 0 amide bonds. The number of anilines is 1. The zero-order valence-corrected chi connectivity index (χ0v) is 10.00. The predicted octanol–water partition coefficient (Wildman–Crippen LogP) is 2.49. The van der Waals surface area contributed by atoms with Crippen molar-refractivity contribution in [3.8, 4) is 0 Å². The topological polar surface area (TPSA) is 29.0 Å². The SMILES string of the molecule is Clc1cncnc1N(CCBr)C1CC1. The number of halogens is 2. The van der Waals surface area contributed by atoms with E-state index in [1.54, 1.807) is 12.5 Å². The van der Waals surface area contributed by atoms with Crippen molar-refractivity contribution in [1.29, 1.82) is 0 Å². The zero-order chi connectivity index (χ0) is 9.97. The number of hydrogen-bond acceptors (Lipinski definition) is 3. The molecular weight excluding hydrogens is 265 g/mol. The van der Waals surface area contributed by atoms with Crippen LogP contribution in [0.15, 0.2) is 12.5 Å². The van der Waals surface area contributed by atoms with Crippen LogP contribution < -0.4 is 4.90 Å². The summed E-state index contributed by atoms with van der Waals surface area (Å²) >= 11 is 9.48. The normalized spacial score (nSPS) is 15.6. The van der Waals surface area contributed by atoms with Crippen molar-refractivity contribution in [2.45, 2.75) is 18.9 Å². The van der Waals surface area contributed by atoms with Gasteiger partial charge in [-0.25, -0.2) is 9.97 Å². The van der Waals surface area contributed by atoms with E-state index in [1.165, 1.54) is 12.8 Å². The first-order chi connectivity index (χ1) is 6.83. The molecule has 14 heavy (non-hydrogen) atoms. The molecule has 5 heteroatoms. The molecule has 1 aromatic rings. The second-order valence-corrected chi connectivity index (χ2v) is 4.51. The average molecular weight is 277 g/mol. The molecule has 1 saturated carbocycles. The minimum Gasteiger partial charge on any atom is -0.351 e. The van der Waals surface area contributed by atoms with E-state index in [2.05, 4.69) is 30.8 Å². The van der Waals surface area contributed by atoms with Gasteiger partial charge < -0.3 is 4.90 Å². The molecule has 0 N–H and O–H groups in total. The van der Waals surface area contributed by atoms with Crippen LogP contribution in [0.3, 0.4) is 0 Å². The first-order valence-corrected chi connectivity index (χ1v) is 6.11. The average Bonchev–Trinajstić information content (AvgIpc) is 2.99. The third-order valence-corrected chi connectivity index (χ3v) is 2.85. The van der Waals surface area contributed by atoms with Gasteiger partial charge in [0.15, 0.2) is 5.82 Å². The van der Waals surface area contributed by atoms with Gasteiger partial charge in [-0.15, -0.1) is 0 Å². The maximum absolute atomic E-state index is 6.04. The molecule has 0 aromatic carbocycles. The molecule has 1 aliphatic rings. The maximum Gasteiger partial charge on any atom is 0.151 e. The molecule has 0 atom stereocenters. The molecule has 0 saturated heterocycles. The van der Waals surface area contributed by atoms with Gasteiger partial charge in [0.25, 0.3) is 0 Å². The summed E-state index contributed by atoms with van der Waals surface area (Å²) in [6, 6.07) is 0.625. The number of hydrogen-bond donors (Lipinski definition) is 0. The minimum absolute atomic E-state index is 0.625. The largest absolute Gasteiger partial charge is 0.351 e. The molecule has 1 aliphatic carbocycles. The Labute approximate surface area is 96.6 Å². The second-order valence-electron chi connectivity index (χ2n) is 3.31. The van der Waals surface area contributed by atoms with Gasteiger partial charge in [0.05, 0.1) is 6.20 Å². The van der Waals surface area contributed by atoms with Crippen molar-refractivity contribution in [1.82, 2.24) is 9.97 Å². The highest BCUT2D eigenvalue weighted by Gasteiger charge is 2.30. The molecule has 1 heterocycles. The van der Waals surface area contributed by atoms with E-state index in [1.807, 2.05) is 0 Å². The Bertz CT molecular complexity index is 317. The van der Waals surface area contributed by atoms with Crippen LogP contribution in [0.25, 0.3) is 0 Å². The molecule has 0 radical (unpaired) electrons. The molecule has 2 rings (SSSR count). The second kappa shape index (κ2) is 4.45. The van der Waals surface area contributed by atoms with E-state index in [4.69, 9.17) is 11.6 Å². The molecule has 3 nitrogen and oxygen atoms in total. The third kappa shape index (κ3) is 2.17. The third-order valence-electron chi connectivity index (χ3n) is 2.23. The van der Waals surface area contributed by atoms with Gasteiger partial charge in [-0.05, 0) is 12.8 Å². The summed E-state index contributed by atoms with van der Waals surface area (Å²) in [5.74, 6) is 0.864. The first kappa shape index (κ1) is 10.2. The Balaban J connectivity index is 2.21. The van der Waals surface area contributed by atoms with Gasteiger partial charge in [0, 0.05) is 17.9 Å². The van der Waals surface area contributed by atoms with Gasteiger partial charge in [0.1, 0.15) is 11.3 Å². The van der Waals surface area contributed by atoms with Gasteiger partial charge in [-0.3, -0.25) is 0 Å². The van der Waals surface area contributed by atoms with Crippen molar-refractivity contribution in [2.75, 3.05) is 16.8 Å². The highest BCUT2D eigenvalue weighted by atomic mass is 79.9. The monoisotopic (exact) mass is 275 g/mol. The van der Waals surface area contributed by atoms with Crippen LogP contribution in [0.2, 0.25) is 5.02 Å². The molecule has 0 aliphatic heterocycles. The van der Waals surface area contributed by atoms with Gasteiger partial charge in [0.2, 0.25) is 0 Å². The minimum atomic E-state index is 0.625. The van der Waals surface area contributed by atoms with Crippen LogP contribution in [-0.4, -0.2) is 27.9 Å². The molecule has 0 spiro atoms. The number of alkyl halides is 1. The lowest BCUT2D eigenvalue weighted by atomic mass is 10.4. The molecule has 0 bridgehead atoms. The quantitative estimate of drug-likeness (QED) is 0.791. The van der Waals surface area contributed by atoms with Crippen LogP contribution >= 0.6 is 27.5 Å². The lowest BCUT2D eigenvalue weighted by molar-refractivity contribution is 0.812. The van der Waals surface area contributed by atoms with Crippen LogP contribution in [0.1, 0.15) is 12.8 Å². The highest BCUT2D eigenvalue weighted by molar-refractivity contribution is 9.09. The first-order valence-electron chi connectivity index (χ1n) is 4.61. The Hall–Kier alpha value is -0.350. The number of nitrogens with zero attached hydrogens (tertiary/aromatic N) is 3. The summed E-state index contributed by atoms with van der Waals surface area (Å²) < 4.78 is 0. The predicted molar refractivity (Wildman–Crippen MR) is 61.2 cm³/mol. The van der Waals surface area contributed by atoms with Crippen LogP contribution in [0, 0.1) is 0 Å². The van der Waals surface area contributed by atoms with Crippen molar-refractivity contribution >= 4 is 33.3 Å². The van der Waals surface area contributed by atoms with Crippen molar-refractivity contribution in [2.24, 2.45) is 0 Å². The summed E-state index contributed by atoms with van der Waals surface area (Å²) in [5.41, 5.74) is 0. The van der Waals surface area contributed by atoms with Gasteiger partial charge >= 0.3 is 0 Å². The zero-order valence-electron chi connectivity index (χ0n) is 7.66. The lowest BCUT2D eigenvalue weighted by Gasteiger charge is -2.22. The van der Waals surface area contributed by atoms with E-state index in [9.17, 15) is 0 Å². The summed E-state index contributed by atoms with van der Waals surface area (Å²) in [7, 11) is 0. The number of aromatic nitrogens is 2. The Morgan fingerprint density at radius 1 is 1.57 bits per heavy atom. The molecular formula is C9H11BrClN3. The van der Waals surface area contributed by atoms with Crippen molar-refractivity contribution in [3.63, 3.8) is 0 Å². The standard InChI is InChI=1S/C9H11BrClN3/c10-3-4-14(7-1-2-7)9-8(11)5-12-6-13-9/h5-7H,1-4H2. The smallest absolute Gasteiger partial charge is 0.151 e. The summed E-state index contributed by atoms with van der Waals surface area (Å²) in [4.78, 5) is 10.4. The van der Waals surface area contributed by atoms with E-state index in [-0.39, 0.29) is 0 Å². The van der Waals surface area contributed by atoms with Gasteiger partial charge in [-0.1, -0.05) is 27.5 Å². The van der Waals surface area contributed by atoms with E-state index in [0.29, 0.717) is 11.1 Å². The van der Waals surface area contributed by atoms with E-state index >= 15 is 0 Å². The Morgan fingerprint density at radius 3 is 2.93 bits per heavy atom. The fourth-order valence-electron chi connectivity index (χ4n) is 1.46. The Kier molecular flexibility index (Phi) is 3.23. The summed E-state index contributed by atoms with van der Waals surface area (Å²) in [6.45, 7) is 0.946. The van der Waals surface area contributed by atoms with Crippen LogP contribution in [0.4, 0.5) is 5.82 Å². The van der Waals surface area contributed by atoms with Crippen LogP contribution in [-0.2, 0) is 0 Å². The maximum atomic E-state index is 6.04. The fourth-order valence-corrected chi connectivity index (χ4v) is 2.05. The molecule has 1 aromatic heterocycles. The molecule has 0 unspecified atom stereocenters. The lowest BCUT2D eigenvalue weighted by Crippen LogP contribution is -2.28. The van der Waals surface area contributed by atoms with Crippen LogP contribution in [0.5, 0.6) is 0 Å². The van der Waals surface area contributed by atoms with E-state index < -0.39 is 0 Å². The summed E-state index contributed by atoms with van der Waals surface area (Å²) in [5, 5.41) is 1.57. The molecule has 1 fully saturated rings. The van der Waals surface area contributed by atoms with Gasteiger partial charge in [-0.2, -0.15) is 0 Å². The highest BCUT2D eigenvalue weighted by Crippen LogP contribution is 2.33. The fraction of sp³-hybridized carbons (Fsp3) is 0.556. The van der Waals surface area contributed by atoms with E-state index in [0.717, 1.165) is 17.7 Å². The summed E-state index contributed by atoms with van der Waals surface area (Å²) in [6.07, 6.45) is 5.68. The van der Waals surface area contributed by atoms with Crippen molar-refractivity contribution < 1.29 is 0 Å².